The number of methoxy groups -OCH3 is 1. The van der Waals surface area contributed by atoms with Gasteiger partial charge in [0.05, 0.1) is 7.11 Å². The molecular weight excluding hydrogens is 520 g/mol. The lowest BCUT2D eigenvalue weighted by Crippen LogP contribution is -2.38. The standard InChI is InChI=1S/C34H27F2N3O2/c1-4-33(5-2)26-13-9-8-12-24(26)27-22-10-6-7-11-23(22)29-25(28(27)33)18-19-34(41-29,20-14-16-21(40-3)17-15-20)30-37-31(35)39-32(36)38-30/h6-19H,4-5H2,1-3H3. The first kappa shape index (κ1) is 25.3. The lowest BCUT2D eigenvalue weighted by molar-refractivity contribution is 0.148. The van der Waals surface area contributed by atoms with Gasteiger partial charge < -0.3 is 9.47 Å². The first-order valence-corrected chi connectivity index (χ1v) is 13.7. The third-order valence-corrected chi connectivity index (χ3v) is 8.78. The van der Waals surface area contributed by atoms with Crippen LogP contribution >= 0.6 is 0 Å². The van der Waals surface area contributed by atoms with Crippen LogP contribution in [0.4, 0.5) is 8.78 Å². The molecule has 0 radical (unpaired) electrons. The second-order valence-corrected chi connectivity index (χ2v) is 10.5. The van der Waals surface area contributed by atoms with Crippen LogP contribution < -0.4 is 9.47 Å². The van der Waals surface area contributed by atoms with Crippen LogP contribution in [0.15, 0.2) is 78.9 Å². The van der Waals surface area contributed by atoms with E-state index < -0.39 is 17.8 Å². The highest BCUT2D eigenvalue weighted by Gasteiger charge is 2.47. The number of benzene rings is 4. The Labute approximate surface area is 236 Å². The number of nitrogens with zero attached hydrogens (tertiary/aromatic N) is 3. The molecule has 1 aromatic heterocycles. The van der Waals surface area contributed by atoms with Crippen molar-refractivity contribution in [3.63, 3.8) is 0 Å². The van der Waals surface area contributed by atoms with E-state index in [1.807, 2.05) is 24.3 Å². The summed E-state index contributed by atoms with van der Waals surface area (Å²) in [5.74, 6) is 1.08. The summed E-state index contributed by atoms with van der Waals surface area (Å²) < 4.78 is 41.3. The van der Waals surface area contributed by atoms with E-state index in [4.69, 9.17) is 9.47 Å². The van der Waals surface area contributed by atoms with E-state index >= 15 is 0 Å². The van der Waals surface area contributed by atoms with Gasteiger partial charge in [0.25, 0.3) is 0 Å². The number of ether oxygens (including phenoxy) is 2. The van der Waals surface area contributed by atoms with Crippen LogP contribution in [0, 0.1) is 12.2 Å². The summed E-state index contributed by atoms with van der Waals surface area (Å²) in [7, 11) is 1.58. The Kier molecular flexibility index (Phi) is 5.68. The molecule has 0 amide bonds. The van der Waals surface area contributed by atoms with E-state index in [1.54, 1.807) is 37.5 Å². The summed E-state index contributed by atoms with van der Waals surface area (Å²) in [6, 6.07) is 23.9. The zero-order chi connectivity index (χ0) is 28.4. The third kappa shape index (κ3) is 3.48. The second-order valence-electron chi connectivity index (χ2n) is 10.5. The van der Waals surface area contributed by atoms with Crippen LogP contribution in [0.25, 0.3) is 28.0 Å². The maximum Gasteiger partial charge on any atom is 0.314 e. The van der Waals surface area contributed by atoms with Gasteiger partial charge in [-0.15, -0.1) is 0 Å². The highest BCUT2D eigenvalue weighted by Crippen LogP contribution is 2.60. The summed E-state index contributed by atoms with van der Waals surface area (Å²) in [5.41, 5.74) is 4.76. The average Bonchev–Trinajstić information content (AvgIpc) is 3.31. The molecule has 0 saturated carbocycles. The SMILES string of the molecule is CCC1(CC)c2ccccc2-c2c1c1c(c3ccccc23)OC(c2ccc(OC)cc2)(c2nc(F)nc(F)n2)C=C1. The van der Waals surface area contributed by atoms with Gasteiger partial charge in [-0.1, -0.05) is 80.6 Å². The van der Waals surface area contributed by atoms with Gasteiger partial charge in [-0.25, -0.2) is 0 Å². The first-order valence-electron chi connectivity index (χ1n) is 13.7. The van der Waals surface area contributed by atoms with Crippen molar-refractivity contribution in [2.24, 2.45) is 0 Å². The Morgan fingerprint density at radius 3 is 2.15 bits per heavy atom. The number of halogens is 2. The van der Waals surface area contributed by atoms with E-state index in [2.05, 4.69) is 59.1 Å². The van der Waals surface area contributed by atoms with Crippen molar-refractivity contribution >= 4 is 16.8 Å². The third-order valence-electron chi connectivity index (χ3n) is 8.78. The molecule has 2 aliphatic rings. The van der Waals surface area contributed by atoms with Crippen molar-refractivity contribution in [3.8, 4) is 22.6 Å². The maximum absolute atomic E-state index is 14.5. The number of rotatable bonds is 5. The molecule has 1 unspecified atom stereocenters. The summed E-state index contributed by atoms with van der Waals surface area (Å²) in [4.78, 5) is 11.0. The molecular formula is C34H27F2N3O2. The van der Waals surface area contributed by atoms with Gasteiger partial charge in [0.1, 0.15) is 11.5 Å². The predicted molar refractivity (Wildman–Crippen MR) is 154 cm³/mol. The van der Waals surface area contributed by atoms with E-state index in [9.17, 15) is 8.78 Å². The van der Waals surface area contributed by atoms with Crippen molar-refractivity contribution in [2.75, 3.05) is 7.11 Å². The van der Waals surface area contributed by atoms with Gasteiger partial charge in [-0.3, -0.25) is 0 Å². The van der Waals surface area contributed by atoms with Crippen molar-refractivity contribution in [2.45, 2.75) is 37.7 Å². The summed E-state index contributed by atoms with van der Waals surface area (Å²) in [6.45, 7) is 4.45. The molecule has 204 valence electrons. The minimum atomic E-state index is -1.52. The molecule has 0 saturated heterocycles. The molecule has 1 atom stereocenters. The highest BCUT2D eigenvalue weighted by molar-refractivity contribution is 6.08. The fraction of sp³-hybridized carbons (Fsp3) is 0.206. The average molecular weight is 548 g/mol. The minimum absolute atomic E-state index is 0.181. The number of aromatic nitrogens is 3. The molecule has 5 aromatic rings. The van der Waals surface area contributed by atoms with E-state index in [-0.39, 0.29) is 11.2 Å². The Morgan fingerprint density at radius 1 is 0.805 bits per heavy atom. The van der Waals surface area contributed by atoms with Gasteiger partial charge in [0, 0.05) is 21.9 Å². The van der Waals surface area contributed by atoms with Crippen LogP contribution in [-0.2, 0) is 11.0 Å². The van der Waals surface area contributed by atoms with Crippen LogP contribution in [0.1, 0.15) is 54.8 Å². The predicted octanol–water partition coefficient (Wildman–Crippen LogP) is 7.75. The molecule has 0 bridgehead atoms. The number of hydrogen-bond acceptors (Lipinski definition) is 5. The maximum atomic E-state index is 14.5. The monoisotopic (exact) mass is 547 g/mol. The molecule has 5 nitrogen and oxygen atoms in total. The second kappa shape index (κ2) is 9.20. The zero-order valence-electron chi connectivity index (χ0n) is 22.9. The topological polar surface area (TPSA) is 57.1 Å². The van der Waals surface area contributed by atoms with Crippen LogP contribution in [0.2, 0.25) is 0 Å². The molecule has 0 spiro atoms. The smallest absolute Gasteiger partial charge is 0.314 e. The molecule has 0 fully saturated rings. The van der Waals surface area contributed by atoms with Crippen molar-refractivity contribution in [1.29, 1.82) is 0 Å². The van der Waals surface area contributed by atoms with Gasteiger partial charge in [0.2, 0.25) is 5.60 Å². The van der Waals surface area contributed by atoms with Gasteiger partial charge >= 0.3 is 12.2 Å². The van der Waals surface area contributed by atoms with Crippen molar-refractivity contribution in [1.82, 2.24) is 15.0 Å². The fourth-order valence-electron chi connectivity index (χ4n) is 6.84. The molecule has 41 heavy (non-hydrogen) atoms. The van der Waals surface area contributed by atoms with E-state index in [0.717, 1.165) is 29.2 Å². The molecule has 1 aliphatic heterocycles. The van der Waals surface area contributed by atoms with Gasteiger partial charge in [-0.05, 0) is 58.7 Å². The molecule has 7 rings (SSSR count). The molecule has 1 aliphatic carbocycles. The first-order chi connectivity index (χ1) is 20.0. The van der Waals surface area contributed by atoms with Crippen LogP contribution in [0.3, 0.4) is 0 Å². The summed E-state index contributed by atoms with van der Waals surface area (Å²) in [5, 5.41) is 1.96. The van der Waals surface area contributed by atoms with E-state index in [0.29, 0.717) is 17.1 Å². The van der Waals surface area contributed by atoms with E-state index in [1.165, 1.54) is 22.3 Å². The largest absolute Gasteiger partial charge is 0.497 e. The molecule has 2 heterocycles. The Morgan fingerprint density at radius 2 is 1.46 bits per heavy atom. The Bertz CT molecular complexity index is 1850. The van der Waals surface area contributed by atoms with Crippen LogP contribution in [0.5, 0.6) is 11.5 Å². The quantitative estimate of drug-likeness (QED) is 0.225. The Hall–Kier alpha value is -4.65. The van der Waals surface area contributed by atoms with Crippen molar-refractivity contribution in [3.05, 3.63) is 119 Å². The highest BCUT2D eigenvalue weighted by atomic mass is 19.1. The minimum Gasteiger partial charge on any atom is -0.497 e. The molecule has 0 N–H and O–H groups in total. The normalized spacial score (nSPS) is 18.0. The summed E-state index contributed by atoms with van der Waals surface area (Å²) >= 11 is 0. The molecule has 7 heteroatoms. The van der Waals surface area contributed by atoms with Gasteiger partial charge in [-0.2, -0.15) is 23.7 Å². The number of hydrogen-bond donors (Lipinski definition) is 0. The number of fused-ring (bicyclic) bond motifs is 8. The van der Waals surface area contributed by atoms with Crippen LogP contribution in [-0.4, -0.2) is 22.1 Å². The fourth-order valence-corrected chi connectivity index (χ4v) is 6.84. The Balaban J connectivity index is 1.57. The lowest BCUT2D eigenvalue weighted by Gasteiger charge is -2.38. The zero-order valence-corrected chi connectivity index (χ0v) is 22.9. The molecule has 4 aromatic carbocycles. The van der Waals surface area contributed by atoms with Crippen molar-refractivity contribution < 1.29 is 18.3 Å². The summed E-state index contributed by atoms with van der Waals surface area (Å²) in [6.07, 6.45) is 3.19. The van der Waals surface area contributed by atoms with Gasteiger partial charge in [0.15, 0.2) is 5.82 Å². The lowest BCUT2D eigenvalue weighted by atomic mass is 9.71.